The molecule has 2 nitrogen and oxygen atoms in total. The van der Waals surface area contributed by atoms with Gasteiger partial charge in [0.1, 0.15) is 0 Å². The number of ether oxygens (including phenoxy) is 1. The maximum Gasteiger partial charge on any atom is 0.342 e. The normalized spacial score (nSPS) is 12.1. The van der Waals surface area contributed by atoms with E-state index in [1.807, 2.05) is 18.2 Å². The molecule has 3 heteroatoms. The third kappa shape index (κ3) is 2.72. The van der Waals surface area contributed by atoms with Crippen LogP contribution in [0.5, 0.6) is 0 Å². The Morgan fingerprint density at radius 2 is 1.83 bits per heavy atom. The van der Waals surface area contributed by atoms with Gasteiger partial charge in [0, 0.05) is 0 Å². The molecule has 0 unspecified atom stereocenters. The van der Waals surface area contributed by atoms with Crippen molar-refractivity contribution < 1.29 is 9.53 Å². The topological polar surface area (TPSA) is 26.3 Å². The number of hydrogen-bond donors (Lipinski definition) is 0. The van der Waals surface area contributed by atoms with Gasteiger partial charge in [0.05, 0.1) is 19.9 Å². The lowest BCUT2D eigenvalue weighted by molar-refractivity contribution is 0.0665. The first kappa shape index (κ1) is 14.7. The monoisotopic (exact) mass is 262 g/mol. The Morgan fingerprint density at radius 3 is 2.33 bits per heavy atom. The molecule has 0 saturated heterocycles. The standard InChI is InChI=1S/C15H22O2Si/c1-7-17-14(16)12-10-8-9-11-13(12)18(5,6)15(2,3)4/h7-11H,1H2,2-6H3. The molecule has 0 aromatic heterocycles. The summed E-state index contributed by atoms with van der Waals surface area (Å²) in [4.78, 5) is 12.0. The second kappa shape index (κ2) is 5.10. The minimum Gasteiger partial charge on any atom is -0.432 e. The molecule has 0 aliphatic rings. The van der Waals surface area contributed by atoms with E-state index in [0.717, 1.165) is 5.19 Å². The predicted octanol–water partition coefficient (Wildman–Crippen LogP) is 3.70. The van der Waals surface area contributed by atoms with Crippen molar-refractivity contribution in [2.24, 2.45) is 0 Å². The van der Waals surface area contributed by atoms with Gasteiger partial charge >= 0.3 is 5.97 Å². The van der Waals surface area contributed by atoms with Gasteiger partial charge in [-0.05, 0) is 16.3 Å². The van der Waals surface area contributed by atoms with Crippen LogP contribution in [0.3, 0.4) is 0 Å². The summed E-state index contributed by atoms with van der Waals surface area (Å²) in [7, 11) is -1.75. The summed E-state index contributed by atoms with van der Waals surface area (Å²) < 4.78 is 4.92. The van der Waals surface area contributed by atoms with E-state index in [9.17, 15) is 4.79 Å². The summed E-state index contributed by atoms with van der Waals surface area (Å²) in [5, 5.41) is 1.32. The molecule has 1 rings (SSSR count). The van der Waals surface area contributed by atoms with Crippen LogP contribution >= 0.6 is 0 Å². The molecule has 1 aromatic rings. The van der Waals surface area contributed by atoms with E-state index >= 15 is 0 Å². The summed E-state index contributed by atoms with van der Waals surface area (Å²) in [5.41, 5.74) is 0.670. The highest BCUT2D eigenvalue weighted by Crippen LogP contribution is 2.36. The van der Waals surface area contributed by atoms with Gasteiger partial charge < -0.3 is 4.74 Å². The molecule has 0 aliphatic heterocycles. The summed E-state index contributed by atoms with van der Waals surface area (Å²) >= 11 is 0. The zero-order valence-corrected chi connectivity index (χ0v) is 12.9. The highest BCUT2D eigenvalue weighted by atomic mass is 28.3. The molecule has 0 radical (unpaired) electrons. The lowest BCUT2D eigenvalue weighted by Gasteiger charge is -2.38. The number of hydrogen-bond acceptors (Lipinski definition) is 2. The van der Waals surface area contributed by atoms with Crippen molar-refractivity contribution in [3.63, 3.8) is 0 Å². The third-order valence-electron chi connectivity index (χ3n) is 3.89. The van der Waals surface area contributed by atoms with E-state index < -0.39 is 8.07 Å². The SMILES string of the molecule is C=COC(=O)c1ccccc1[Si](C)(C)C(C)(C)C. The van der Waals surface area contributed by atoms with E-state index in [-0.39, 0.29) is 11.0 Å². The van der Waals surface area contributed by atoms with Gasteiger partial charge in [0.15, 0.2) is 0 Å². The number of carbonyl (C=O) groups is 1. The Bertz CT molecular complexity index is 456. The molecule has 0 saturated carbocycles. The zero-order valence-electron chi connectivity index (χ0n) is 11.9. The average molecular weight is 262 g/mol. The number of carbonyl (C=O) groups excluding carboxylic acids is 1. The van der Waals surface area contributed by atoms with Crippen LogP contribution in [0.2, 0.25) is 18.1 Å². The van der Waals surface area contributed by atoms with Gasteiger partial charge in [0.2, 0.25) is 0 Å². The van der Waals surface area contributed by atoms with E-state index in [1.165, 1.54) is 6.26 Å². The fraction of sp³-hybridized carbons (Fsp3) is 0.400. The maximum absolute atomic E-state index is 12.0. The van der Waals surface area contributed by atoms with Crippen LogP contribution in [0, 0.1) is 0 Å². The molecular formula is C15H22O2Si. The average Bonchev–Trinajstić information content (AvgIpc) is 2.28. The first-order chi connectivity index (χ1) is 8.21. The van der Waals surface area contributed by atoms with E-state index in [0.29, 0.717) is 5.56 Å². The molecule has 0 heterocycles. The Morgan fingerprint density at radius 1 is 1.28 bits per heavy atom. The Balaban J connectivity index is 3.34. The van der Waals surface area contributed by atoms with Crippen LogP contribution in [-0.4, -0.2) is 14.0 Å². The summed E-state index contributed by atoms with van der Waals surface area (Å²) in [6.45, 7) is 14.7. The van der Waals surface area contributed by atoms with Gasteiger partial charge in [-0.3, -0.25) is 0 Å². The second-order valence-corrected chi connectivity index (χ2v) is 11.3. The highest BCUT2D eigenvalue weighted by Gasteiger charge is 2.39. The summed E-state index contributed by atoms with van der Waals surface area (Å²) in [5.74, 6) is -0.314. The van der Waals surface area contributed by atoms with Gasteiger partial charge in [-0.15, -0.1) is 0 Å². The van der Waals surface area contributed by atoms with Crippen LogP contribution in [0.15, 0.2) is 37.1 Å². The van der Waals surface area contributed by atoms with Gasteiger partial charge in [-0.25, -0.2) is 4.79 Å². The minimum absolute atomic E-state index is 0.178. The molecule has 0 amide bonds. The molecule has 0 atom stereocenters. The molecule has 0 aliphatic carbocycles. The largest absolute Gasteiger partial charge is 0.432 e. The van der Waals surface area contributed by atoms with Gasteiger partial charge in [-0.2, -0.15) is 0 Å². The predicted molar refractivity (Wildman–Crippen MR) is 78.9 cm³/mol. The fourth-order valence-electron chi connectivity index (χ4n) is 1.75. The van der Waals surface area contributed by atoms with Crippen molar-refractivity contribution in [1.82, 2.24) is 0 Å². The van der Waals surface area contributed by atoms with Crippen LogP contribution in [0.4, 0.5) is 0 Å². The van der Waals surface area contributed by atoms with Crippen molar-refractivity contribution >= 4 is 19.2 Å². The summed E-state index contributed by atoms with van der Waals surface area (Å²) in [6.07, 6.45) is 1.19. The van der Waals surface area contributed by atoms with Gasteiger partial charge in [-0.1, -0.05) is 58.6 Å². The first-order valence-electron chi connectivity index (χ1n) is 6.13. The number of esters is 1. The maximum atomic E-state index is 12.0. The highest BCUT2D eigenvalue weighted by molar-refractivity contribution is 6.92. The molecule has 0 fully saturated rings. The van der Waals surface area contributed by atoms with Crippen LogP contribution in [0.25, 0.3) is 0 Å². The first-order valence-corrected chi connectivity index (χ1v) is 9.13. The van der Waals surface area contributed by atoms with Crippen LogP contribution < -0.4 is 5.19 Å². The molecule has 18 heavy (non-hydrogen) atoms. The van der Waals surface area contributed by atoms with Crippen LogP contribution in [-0.2, 0) is 4.74 Å². The zero-order chi connectivity index (χ0) is 14.0. The Kier molecular flexibility index (Phi) is 4.17. The third-order valence-corrected chi connectivity index (χ3v) is 9.42. The van der Waals surface area contributed by atoms with E-state index in [2.05, 4.69) is 46.5 Å². The number of benzene rings is 1. The second-order valence-electron chi connectivity index (χ2n) is 5.99. The number of rotatable bonds is 3. The van der Waals surface area contributed by atoms with E-state index in [4.69, 9.17) is 4.74 Å². The fourth-order valence-corrected chi connectivity index (χ4v) is 3.93. The minimum atomic E-state index is -1.75. The Hall–Kier alpha value is -1.35. The molecule has 0 bridgehead atoms. The lowest BCUT2D eigenvalue weighted by Crippen LogP contribution is -2.51. The van der Waals surface area contributed by atoms with Crippen molar-refractivity contribution in [2.45, 2.75) is 38.9 Å². The van der Waals surface area contributed by atoms with Crippen LogP contribution in [0.1, 0.15) is 31.1 Å². The molecule has 98 valence electrons. The molecule has 1 aromatic carbocycles. The Labute approximate surface area is 111 Å². The summed E-state index contributed by atoms with van der Waals surface area (Å²) in [6, 6.07) is 7.75. The lowest BCUT2D eigenvalue weighted by atomic mass is 10.2. The van der Waals surface area contributed by atoms with Crippen molar-refractivity contribution in [2.75, 3.05) is 0 Å². The van der Waals surface area contributed by atoms with Crippen molar-refractivity contribution in [1.29, 1.82) is 0 Å². The van der Waals surface area contributed by atoms with Crippen molar-refractivity contribution in [3.8, 4) is 0 Å². The quantitative estimate of drug-likeness (QED) is 0.471. The van der Waals surface area contributed by atoms with E-state index in [1.54, 1.807) is 0 Å². The molecule has 0 N–H and O–H groups in total. The smallest absolute Gasteiger partial charge is 0.342 e. The van der Waals surface area contributed by atoms with Crippen molar-refractivity contribution in [3.05, 3.63) is 42.7 Å². The molecule has 0 spiro atoms. The van der Waals surface area contributed by atoms with Gasteiger partial charge in [0.25, 0.3) is 0 Å². The molecular weight excluding hydrogens is 240 g/mol.